The molecule has 2 atom stereocenters. The second-order valence-electron chi connectivity index (χ2n) is 7.35. The van der Waals surface area contributed by atoms with E-state index in [1.807, 2.05) is 13.8 Å². The Bertz CT molecular complexity index is 1070. The van der Waals surface area contributed by atoms with Gasteiger partial charge in [-0.1, -0.05) is 61.3 Å². The Balaban J connectivity index is 1.78. The molecule has 4 nitrogen and oxygen atoms in total. The highest BCUT2D eigenvalue weighted by molar-refractivity contribution is 6.30. The highest BCUT2D eigenvalue weighted by Gasteiger charge is 2.29. The highest BCUT2D eigenvalue weighted by atomic mass is 35.5. The Hall–Kier alpha value is -3.00. The Morgan fingerprint density at radius 1 is 0.871 bits per heavy atom. The van der Waals surface area contributed by atoms with Gasteiger partial charge >= 0.3 is 5.97 Å². The van der Waals surface area contributed by atoms with Gasteiger partial charge in [-0.25, -0.2) is 0 Å². The van der Waals surface area contributed by atoms with Crippen LogP contribution in [-0.2, 0) is 9.53 Å². The van der Waals surface area contributed by atoms with Gasteiger partial charge < -0.3 is 9.47 Å². The maximum absolute atomic E-state index is 13.0. The summed E-state index contributed by atoms with van der Waals surface area (Å²) < 4.78 is 11.4. The number of nitriles is 1. The molecule has 3 rings (SSSR count). The van der Waals surface area contributed by atoms with E-state index in [0.29, 0.717) is 27.1 Å². The van der Waals surface area contributed by atoms with Crippen molar-refractivity contribution in [3.05, 3.63) is 94.0 Å². The molecule has 0 aliphatic rings. The number of halogens is 2. The van der Waals surface area contributed by atoms with E-state index in [0.717, 1.165) is 5.56 Å². The zero-order valence-electron chi connectivity index (χ0n) is 17.1. The third kappa shape index (κ3) is 6.01. The van der Waals surface area contributed by atoms with Crippen LogP contribution in [0, 0.1) is 17.2 Å². The molecule has 31 heavy (non-hydrogen) atoms. The predicted molar refractivity (Wildman–Crippen MR) is 121 cm³/mol. The number of benzene rings is 3. The van der Waals surface area contributed by atoms with E-state index in [2.05, 4.69) is 6.07 Å². The van der Waals surface area contributed by atoms with Gasteiger partial charge in [-0.15, -0.1) is 0 Å². The fraction of sp³-hybridized carbons (Fsp3) is 0.200. The summed E-state index contributed by atoms with van der Waals surface area (Å²) in [6.45, 7) is 3.87. The van der Waals surface area contributed by atoms with Gasteiger partial charge in [-0.3, -0.25) is 4.79 Å². The first-order chi connectivity index (χ1) is 14.9. The number of rotatable bonds is 7. The van der Waals surface area contributed by atoms with E-state index < -0.39 is 18.0 Å². The molecule has 0 aromatic heterocycles. The molecule has 0 aliphatic carbocycles. The van der Waals surface area contributed by atoms with Gasteiger partial charge in [0.1, 0.15) is 17.6 Å². The summed E-state index contributed by atoms with van der Waals surface area (Å²) in [6.07, 6.45) is -1.06. The third-order valence-corrected chi connectivity index (χ3v) is 5.22. The third-order valence-electron chi connectivity index (χ3n) is 4.71. The van der Waals surface area contributed by atoms with Gasteiger partial charge in [-0.2, -0.15) is 5.26 Å². The Morgan fingerprint density at radius 2 is 1.48 bits per heavy atom. The van der Waals surface area contributed by atoms with Crippen molar-refractivity contribution in [2.24, 2.45) is 5.92 Å². The summed E-state index contributed by atoms with van der Waals surface area (Å²) in [5, 5.41) is 10.9. The van der Waals surface area contributed by atoms with Crippen LogP contribution in [0.3, 0.4) is 0 Å². The fourth-order valence-electron chi connectivity index (χ4n) is 3.20. The molecule has 3 aromatic rings. The van der Waals surface area contributed by atoms with Gasteiger partial charge in [0.15, 0.2) is 0 Å². The average molecular weight is 454 g/mol. The summed E-state index contributed by atoms with van der Waals surface area (Å²) in [4.78, 5) is 13.0. The number of hydrogen-bond acceptors (Lipinski definition) is 4. The van der Waals surface area contributed by atoms with Crippen molar-refractivity contribution in [2.75, 3.05) is 0 Å². The van der Waals surface area contributed by atoms with Crippen LogP contribution in [0.1, 0.15) is 37.0 Å². The topological polar surface area (TPSA) is 59.3 Å². The summed E-state index contributed by atoms with van der Waals surface area (Å²) >= 11 is 11.9. The van der Waals surface area contributed by atoms with Gasteiger partial charge in [0.05, 0.1) is 5.92 Å². The van der Waals surface area contributed by atoms with Crippen molar-refractivity contribution >= 4 is 29.2 Å². The van der Waals surface area contributed by atoms with E-state index >= 15 is 0 Å². The van der Waals surface area contributed by atoms with Crippen LogP contribution in [0.25, 0.3) is 0 Å². The summed E-state index contributed by atoms with van der Waals surface area (Å²) in [7, 11) is 0. The molecule has 3 aromatic carbocycles. The van der Waals surface area contributed by atoms with Crippen LogP contribution in [0.15, 0.2) is 72.8 Å². The average Bonchev–Trinajstić information content (AvgIpc) is 2.75. The van der Waals surface area contributed by atoms with Crippen LogP contribution >= 0.6 is 23.2 Å². The van der Waals surface area contributed by atoms with Gasteiger partial charge in [0.25, 0.3) is 0 Å². The highest BCUT2D eigenvalue weighted by Crippen LogP contribution is 2.31. The summed E-state index contributed by atoms with van der Waals surface area (Å²) in [5.74, 6) is 0.131. The number of ether oxygens (including phenoxy) is 2. The largest absolute Gasteiger partial charge is 0.457 e. The molecule has 0 amide bonds. The standard InChI is InChI=1S/C25H21Cl2NO3/c1-16(2)24(17-6-8-19(26)9-7-17)25(29)31-23(15-28)18-4-3-5-22(14-18)30-21-12-10-20(27)11-13-21/h3-14,16,23-24H,1-2H3. The molecule has 0 saturated carbocycles. The summed E-state index contributed by atoms with van der Waals surface area (Å²) in [5.41, 5.74) is 1.32. The van der Waals surface area contributed by atoms with Crippen molar-refractivity contribution in [3.63, 3.8) is 0 Å². The monoisotopic (exact) mass is 453 g/mol. The minimum Gasteiger partial charge on any atom is -0.457 e. The number of nitrogens with zero attached hydrogens (tertiary/aromatic N) is 1. The second kappa shape index (κ2) is 10.3. The first-order valence-electron chi connectivity index (χ1n) is 9.76. The molecule has 0 radical (unpaired) electrons. The van der Waals surface area contributed by atoms with Crippen molar-refractivity contribution in [1.82, 2.24) is 0 Å². The van der Waals surface area contributed by atoms with Crippen molar-refractivity contribution in [1.29, 1.82) is 5.26 Å². The first kappa shape index (κ1) is 22.7. The Labute approximate surface area is 191 Å². The second-order valence-corrected chi connectivity index (χ2v) is 8.22. The molecule has 2 unspecified atom stereocenters. The van der Waals surface area contributed by atoms with Crippen LogP contribution in [0.4, 0.5) is 0 Å². The van der Waals surface area contributed by atoms with Crippen LogP contribution < -0.4 is 4.74 Å². The van der Waals surface area contributed by atoms with E-state index in [1.165, 1.54) is 0 Å². The molecule has 0 aliphatic heterocycles. The Morgan fingerprint density at radius 3 is 2.06 bits per heavy atom. The molecule has 0 saturated heterocycles. The van der Waals surface area contributed by atoms with Gasteiger partial charge in [0, 0.05) is 15.6 Å². The normalized spacial score (nSPS) is 12.6. The zero-order chi connectivity index (χ0) is 22.4. The van der Waals surface area contributed by atoms with E-state index in [4.69, 9.17) is 32.7 Å². The van der Waals surface area contributed by atoms with Crippen LogP contribution in [-0.4, -0.2) is 5.97 Å². The van der Waals surface area contributed by atoms with Gasteiger partial charge in [0.2, 0.25) is 6.10 Å². The zero-order valence-corrected chi connectivity index (χ0v) is 18.6. The number of hydrogen-bond donors (Lipinski definition) is 0. The quantitative estimate of drug-likeness (QED) is 0.351. The minimum absolute atomic E-state index is 0.0207. The van der Waals surface area contributed by atoms with Crippen molar-refractivity contribution in [2.45, 2.75) is 25.9 Å². The van der Waals surface area contributed by atoms with Crippen LogP contribution in [0.5, 0.6) is 11.5 Å². The van der Waals surface area contributed by atoms with Crippen LogP contribution in [0.2, 0.25) is 10.0 Å². The van der Waals surface area contributed by atoms with Crippen molar-refractivity contribution in [3.8, 4) is 17.6 Å². The lowest BCUT2D eigenvalue weighted by Crippen LogP contribution is -2.22. The molecule has 0 bridgehead atoms. The molecule has 6 heteroatoms. The fourth-order valence-corrected chi connectivity index (χ4v) is 3.45. The van der Waals surface area contributed by atoms with E-state index in [1.54, 1.807) is 72.8 Å². The molecular formula is C25H21Cl2NO3. The molecule has 0 fully saturated rings. The smallest absolute Gasteiger partial charge is 0.315 e. The maximum Gasteiger partial charge on any atom is 0.315 e. The van der Waals surface area contributed by atoms with Crippen molar-refractivity contribution < 1.29 is 14.3 Å². The lowest BCUT2D eigenvalue weighted by molar-refractivity contribution is -0.150. The maximum atomic E-state index is 13.0. The lowest BCUT2D eigenvalue weighted by atomic mass is 9.88. The van der Waals surface area contributed by atoms with E-state index in [-0.39, 0.29) is 5.92 Å². The molecular weight excluding hydrogens is 433 g/mol. The summed E-state index contributed by atoms with van der Waals surface area (Å²) in [6, 6.07) is 23.0. The van der Waals surface area contributed by atoms with E-state index in [9.17, 15) is 10.1 Å². The number of carbonyl (C=O) groups excluding carboxylic acids is 1. The van der Waals surface area contributed by atoms with Gasteiger partial charge in [-0.05, 0) is 60.0 Å². The number of carbonyl (C=O) groups is 1. The lowest BCUT2D eigenvalue weighted by Gasteiger charge is -2.22. The predicted octanol–water partition coefficient (Wildman–Crippen LogP) is 7.33. The Kier molecular flexibility index (Phi) is 7.57. The number of esters is 1. The first-order valence-corrected chi connectivity index (χ1v) is 10.5. The molecule has 0 heterocycles. The SMILES string of the molecule is CC(C)C(C(=O)OC(C#N)c1cccc(Oc2ccc(Cl)cc2)c1)c1ccc(Cl)cc1. The minimum atomic E-state index is -1.06. The molecule has 0 spiro atoms. The molecule has 158 valence electrons. The molecule has 0 N–H and O–H groups in total.